The van der Waals surface area contributed by atoms with E-state index in [1.165, 1.54) is 35.4 Å². The average molecular weight is 363 g/mol. The summed E-state index contributed by atoms with van der Waals surface area (Å²) in [5.74, 6) is -0.761. The molecule has 1 N–H and O–H groups in total. The van der Waals surface area contributed by atoms with Gasteiger partial charge in [0.15, 0.2) is 0 Å². The maximum Gasteiger partial charge on any atom is 0.271 e. The molecule has 4 nitrogen and oxygen atoms in total. The van der Waals surface area contributed by atoms with Gasteiger partial charge in [-0.2, -0.15) is 5.10 Å². The van der Waals surface area contributed by atoms with Crippen LogP contribution in [0, 0.1) is 33.5 Å². The first kappa shape index (κ1) is 18.6. The normalized spacial score (nSPS) is 11.1. The zero-order valence-electron chi connectivity index (χ0n) is 15.9. The minimum Gasteiger partial charge on any atom is -0.318 e. The lowest BCUT2D eigenvalue weighted by molar-refractivity contribution is 0.0955. The van der Waals surface area contributed by atoms with Crippen molar-refractivity contribution in [1.29, 1.82) is 0 Å². The molecule has 0 atom stereocenters. The number of carbonyl (C=O) groups is 1. The van der Waals surface area contributed by atoms with Gasteiger partial charge in [0.25, 0.3) is 5.91 Å². The third-order valence-corrected chi connectivity index (χ3v) is 4.54. The smallest absolute Gasteiger partial charge is 0.271 e. The van der Waals surface area contributed by atoms with E-state index in [1.54, 1.807) is 6.21 Å². The van der Waals surface area contributed by atoms with E-state index < -0.39 is 0 Å². The summed E-state index contributed by atoms with van der Waals surface area (Å²) in [4.78, 5) is 12.0. The van der Waals surface area contributed by atoms with Gasteiger partial charge in [0, 0.05) is 28.2 Å². The molecule has 1 amide bonds. The van der Waals surface area contributed by atoms with Gasteiger partial charge in [0.1, 0.15) is 5.82 Å². The number of hydrogen-bond donors (Lipinski definition) is 1. The lowest BCUT2D eigenvalue weighted by Gasteiger charge is -2.13. The Balaban J connectivity index is 1.81. The maximum atomic E-state index is 12.9. The Bertz CT molecular complexity index is 1020. The number of nitrogens with one attached hydrogen (secondary N) is 1. The van der Waals surface area contributed by atoms with Crippen molar-refractivity contribution in [1.82, 2.24) is 9.99 Å². The number of aromatic nitrogens is 1. The van der Waals surface area contributed by atoms with Crippen LogP contribution < -0.4 is 5.43 Å². The van der Waals surface area contributed by atoms with Crippen molar-refractivity contribution in [2.75, 3.05) is 0 Å². The molecule has 138 valence electrons. The molecule has 3 aromatic rings. The van der Waals surface area contributed by atoms with Crippen molar-refractivity contribution in [2.45, 2.75) is 27.7 Å². The van der Waals surface area contributed by atoms with Crippen LogP contribution in [-0.4, -0.2) is 16.7 Å². The van der Waals surface area contributed by atoms with Gasteiger partial charge in [-0.15, -0.1) is 0 Å². The first-order valence-corrected chi connectivity index (χ1v) is 8.72. The predicted molar refractivity (Wildman–Crippen MR) is 106 cm³/mol. The first-order valence-electron chi connectivity index (χ1n) is 8.72. The molecule has 0 bridgehead atoms. The van der Waals surface area contributed by atoms with E-state index in [4.69, 9.17) is 0 Å². The standard InChI is InChI=1S/C22H22FN3O/c1-14-5-10-21(15(2)11-14)26-16(3)12-19(17(26)4)13-24-25-22(27)18-6-8-20(23)9-7-18/h5-13H,1-4H3,(H,25,27)/b24-13-. The summed E-state index contributed by atoms with van der Waals surface area (Å²) in [6, 6.07) is 13.7. The Labute approximate surface area is 158 Å². The first-order chi connectivity index (χ1) is 12.9. The van der Waals surface area contributed by atoms with E-state index >= 15 is 0 Å². The molecule has 27 heavy (non-hydrogen) atoms. The van der Waals surface area contributed by atoms with Crippen LogP contribution in [0.5, 0.6) is 0 Å². The summed E-state index contributed by atoms with van der Waals surface area (Å²) in [5.41, 5.74) is 9.44. The summed E-state index contributed by atoms with van der Waals surface area (Å²) in [6.45, 7) is 8.24. The molecule has 2 aromatic carbocycles. The van der Waals surface area contributed by atoms with Crippen molar-refractivity contribution in [3.05, 3.63) is 88.0 Å². The van der Waals surface area contributed by atoms with Crippen LogP contribution in [0.15, 0.2) is 53.6 Å². The molecule has 0 aliphatic heterocycles. The maximum absolute atomic E-state index is 12.9. The largest absolute Gasteiger partial charge is 0.318 e. The Kier molecular flexibility index (Phi) is 5.21. The molecule has 0 unspecified atom stereocenters. The van der Waals surface area contributed by atoms with Crippen LogP contribution >= 0.6 is 0 Å². The molecule has 0 aliphatic rings. The van der Waals surface area contributed by atoms with Gasteiger partial charge in [-0.3, -0.25) is 4.79 Å². The number of nitrogens with zero attached hydrogens (tertiary/aromatic N) is 2. The Morgan fingerprint density at radius 1 is 1.04 bits per heavy atom. The van der Waals surface area contributed by atoms with Gasteiger partial charge >= 0.3 is 0 Å². The van der Waals surface area contributed by atoms with Gasteiger partial charge in [-0.25, -0.2) is 9.82 Å². The van der Waals surface area contributed by atoms with Crippen LogP contribution in [0.3, 0.4) is 0 Å². The molecule has 1 heterocycles. The molecular formula is C22H22FN3O. The predicted octanol–water partition coefficient (Wildman–Crippen LogP) is 4.61. The summed E-state index contributed by atoms with van der Waals surface area (Å²) < 4.78 is 15.1. The topological polar surface area (TPSA) is 46.4 Å². The van der Waals surface area contributed by atoms with E-state index in [0.717, 1.165) is 22.6 Å². The quantitative estimate of drug-likeness (QED) is 0.534. The van der Waals surface area contributed by atoms with E-state index in [9.17, 15) is 9.18 Å². The highest BCUT2D eigenvalue weighted by Crippen LogP contribution is 2.23. The Morgan fingerprint density at radius 2 is 1.74 bits per heavy atom. The number of carbonyl (C=O) groups excluding carboxylic acids is 1. The molecule has 0 aliphatic carbocycles. The monoisotopic (exact) mass is 363 g/mol. The molecule has 3 rings (SSSR count). The lowest BCUT2D eigenvalue weighted by atomic mass is 10.1. The SMILES string of the molecule is Cc1ccc(-n2c(C)cc(/C=N\NC(=O)c3ccc(F)cc3)c2C)c(C)c1. The molecule has 1 aromatic heterocycles. The summed E-state index contributed by atoms with van der Waals surface area (Å²) in [5, 5.41) is 4.05. The molecule has 0 spiro atoms. The van der Waals surface area contributed by atoms with E-state index in [2.05, 4.69) is 47.1 Å². The van der Waals surface area contributed by atoms with Gasteiger partial charge in [-0.1, -0.05) is 17.7 Å². The number of halogens is 1. The van der Waals surface area contributed by atoms with Gasteiger partial charge in [-0.05, 0) is 69.7 Å². The fourth-order valence-electron chi connectivity index (χ4n) is 3.17. The van der Waals surface area contributed by atoms with E-state index in [-0.39, 0.29) is 11.7 Å². The highest BCUT2D eigenvalue weighted by molar-refractivity contribution is 5.95. The second kappa shape index (κ2) is 7.58. The van der Waals surface area contributed by atoms with Gasteiger partial charge in [0.05, 0.1) is 6.21 Å². The molecule has 0 saturated carbocycles. The highest BCUT2D eigenvalue weighted by Gasteiger charge is 2.11. The fourth-order valence-corrected chi connectivity index (χ4v) is 3.17. The van der Waals surface area contributed by atoms with Crippen LogP contribution in [0.25, 0.3) is 5.69 Å². The third-order valence-electron chi connectivity index (χ3n) is 4.54. The summed E-state index contributed by atoms with van der Waals surface area (Å²) in [7, 11) is 0. The molecular weight excluding hydrogens is 341 g/mol. The average Bonchev–Trinajstić information content (AvgIpc) is 2.90. The fraction of sp³-hybridized carbons (Fsp3) is 0.182. The number of aryl methyl sites for hydroxylation is 3. The second-order valence-corrected chi connectivity index (χ2v) is 6.66. The Hall–Kier alpha value is -3.21. The molecule has 0 saturated heterocycles. The van der Waals surface area contributed by atoms with Crippen molar-refractivity contribution < 1.29 is 9.18 Å². The van der Waals surface area contributed by atoms with Crippen LogP contribution in [0.1, 0.15) is 38.4 Å². The van der Waals surface area contributed by atoms with Crippen LogP contribution in [-0.2, 0) is 0 Å². The van der Waals surface area contributed by atoms with Crippen LogP contribution in [0.4, 0.5) is 4.39 Å². The zero-order valence-corrected chi connectivity index (χ0v) is 15.9. The second-order valence-electron chi connectivity index (χ2n) is 6.66. The lowest BCUT2D eigenvalue weighted by Crippen LogP contribution is -2.17. The Morgan fingerprint density at radius 3 is 2.41 bits per heavy atom. The van der Waals surface area contributed by atoms with Crippen molar-refractivity contribution in [3.63, 3.8) is 0 Å². The van der Waals surface area contributed by atoms with Crippen molar-refractivity contribution in [3.8, 4) is 5.69 Å². The number of hydrogen-bond acceptors (Lipinski definition) is 2. The number of hydrazone groups is 1. The number of rotatable bonds is 4. The third kappa shape index (κ3) is 3.97. The van der Waals surface area contributed by atoms with Crippen LogP contribution in [0.2, 0.25) is 0 Å². The van der Waals surface area contributed by atoms with Crippen molar-refractivity contribution >= 4 is 12.1 Å². The minimum absolute atomic E-state index is 0.356. The van der Waals surface area contributed by atoms with Crippen molar-refractivity contribution in [2.24, 2.45) is 5.10 Å². The molecule has 0 fully saturated rings. The van der Waals surface area contributed by atoms with Gasteiger partial charge < -0.3 is 4.57 Å². The molecule has 5 heteroatoms. The zero-order chi connectivity index (χ0) is 19.6. The summed E-state index contributed by atoms with van der Waals surface area (Å²) in [6.07, 6.45) is 1.63. The van der Waals surface area contributed by atoms with E-state index in [0.29, 0.717) is 5.56 Å². The molecule has 0 radical (unpaired) electrons. The number of benzene rings is 2. The minimum atomic E-state index is -0.381. The summed E-state index contributed by atoms with van der Waals surface area (Å²) >= 11 is 0. The highest BCUT2D eigenvalue weighted by atomic mass is 19.1. The number of amides is 1. The van der Waals surface area contributed by atoms with E-state index in [1.807, 2.05) is 19.9 Å². The van der Waals surface area contributed by atoms with Gasteiger partial charge in [0.2, 0.25) is 0 Å².